The van der Waals surface area contributed by atoms with E-state index in [1.54, 1.807) is 6.07 Å². The van der Waals surface area contributed by atoms with Crippen LogP contribution in [0.15, 0.2) is 101 Å². The summed E-state index contributed by atoms with van der Waals surface area (Å²) in [6, 6.07) is 26.6. The number of imide groups is 1. The number of phenols is 1. The van der Waals surface area contributed by atoms with E-state index in [2.05, 4.69) is 22.6 Å². The third kappa shape index (κ3) is 7.62. The number of amides is 2. The van der Waals surface area contributed by atoms with E-state index >= 15 is 0 Å². The van der Waals surface area contributed by atoms with E-state index in [1.165, 1.54) is 23.3 Å². The number of para-hydroxylation sites is 1. The number of aliphatic hydroxyl groups is 2. The van der Waals surface area contributed by atoms with Gasteiger partial charge >= 0.3 is 0 Å². The number of hydrogen-bond acceptors (Lipinski definition) is 8. The van der Waals surface area contributed by atoms with Crippen molar-refractivity contribution in [2.75, 3.05) is 20.3 Å². The highest BCUT2D eigenvalue weighted by atomic mass is 127. The quantitative estimate of drug-likeness (QED) is 0.0582. The highest BCUT2D eigenvalue weighted by molar-refractivity contribution is 14.1. The molecular weight excluding hydrogens is 753 g/mol. The van der Waals surface area contributed by atoms with Crippen LogP contribution in [0.4, 0.5) is 0 Å². The molecule has 0 unspecified atom stereocenters. The van der Waals surface area contributed by atoms with E-state index in [0.717, 1.165) is 27.2 Å². The predicted molar refractivity (Wildman–Crippen MR) is 198 cm³/mol. The van der Waals surface area contributed by atoms with Crippen LogP contribution in [-0.2, 0) is 16.1 Å². The first-order valence-electron chi connectivity index (χ1n) is 16.2. The summed E-state index contributed by atoms with van der Waals surface area (Å²) in [5.74, 6) is -1.61. The first-order chi connectivity index (χ1) is 23.8. The molecule has 2 amide bonds. The van der Waals surface area contributed by atoms with Crippen LogP contribution in [0, 0.1) is 21.3 Å². The number of rotatable bonds is 13. The summed E-state index contributed by atoms with van der Waals surface area (Å²) >= 11 is 3.55. The van der Waals surface area contributed by atoms with Crippen molar-refractivity contribution in [1.82, 2.24) is 4.90 Å². The van der Waals surface area contributed by atoms with Crippen LogP contribution in [0.3, 0.4) is 0 Å². The Labute approximate surface area is 303 Å². The van der Waals surface area contributed by atoms with Gasteiger partial charge in [-0.05, 0) is 105 Å². The zero-order chi connectivity index (χ0) is 34.5. The number of aromatic hydroxyl groups is 1. The van der Waals surface area contributed by atoms with E-state index in [4.69, 9.17) is 9.47 Å². The standard InChI is InChI=1S/C39H38INO7S/c1-47-34-19-24(18-32(40)37(34)44)17-26(25-9-4-2-5-10-25)14-15-33(43)35-27(23-48-28-11-6-3-7-12-28)20-30-36(31(35)22-42)39(46)41(38(30)45)21-29-13-8-16-49-29/h2-13,16-19,30-31,33,36,42-44H,14-15,20-23H2,1H3/b26-17-/t30-,31+,33-,36-/m1/s1. The van der Waals surface area contributed by atoms with Gasteiger partial charge in [-0.15, -0.1) is 11.3 Å². The van der Waals surface area contributed by atoms with Gasteiger partial charge in [0.05, 0.1) is 41.8 Å². The molecule has 2 heterocycles. The number of phenolic OH excluding ortho intramolecular Hbond substituents is 1. The molecule has 49 heavy (non-hydrogen) atoms. The Balaban J connectivity index is 1.32. The number of nitrogens with zero attached hydrogens (tertiary/aromatic N) is 1. The molecule has 4 aromatic rings. The van der Waals surface area contributed by atoms with Gasteiger partial charge in [-0.1, -0.05) is 60.7 Å². The fourth-order valence-corrected chi connectivity index (χ4v) is 8.31. The number of ether oxygens (including phenoxy) is 2. The van der Waals surface area contributed by atoms with Gasteiger partial charge in [0.15, 0.2) is 11.5 Å². The first kappa shape index (κ1) is 34.9. The fourth-order valence-electron chi connectivity index (χ4n) is 6.99. The largest absolute Gasteiger partial charge is 0.504 e. The van der Waals surface area contributed by atoms with Crippen molar-refractivity contribution in [3.05, 3.63) is 121 Å². The molecule has 1 saturated heterocycles. The van der Waals surface area contributed by atoms with Crippen LogP contribution >= 0.6 is 33.9 Å². The molecule has 0 saturated carbocycles. The molecule has 1 aliphatic carbocycles. The fraction of sp³-hybridized carbons (Fsp3) is 0.282. The highest BCUT2D eigenvalue weighted by Crippen LogP contribution is 2.47. The number of thiophene rings is 1. The molecule has 3 N–H and O–H groups in total. The van der Waals surface area contributed by atoms with E-state index in [0.29, 0.717) is 33.5 Å². The predicted octanol–water partition coefficient (Wildman–Crippen LogP) is 6.94. The summed E-state index contributed by atoms with van der Waals surface area (Å²) in [6.45, 7) is -0.0720. The number of methoxy groups -OCH3 is 1. The summed E-state index contributed by atoms with van der Waals surface area (Å²) in [6.07, 6.45) is 2.03. The monoisotopic (exact) mass is 791 g/mol. The average Bonchev–Trinajstić information content (AvgIpc) is 3.73. The zero-order valence-electron chi connectivity index (χ0n) is 27.0. The number of carbonyl (C=O) groups excluding carboxylic acids is 2. The maximum atomic E-state index is 13.9. The Morgan fingerprint density at radius 3 is 2.45 bits per heavy atom. The van der Waals surface area contributed by atoms with Crippen molar-refractivity contribution in [2.24, 2.45) is 17.8 Å². The molecule has 10 heteroatoms. The Hall–Kier alpha value is -3.97. The lowest BCUT2D eigenvalue weighted by Crippen LogP contribution is -2.40. The lowest BCUT2D eigenvalue weighted by molar-refractivity contribution is -0.140. The number of allylic oxidation sites excluding steroid dienone is 1. The van der Waals surface area contributed by atoms with Gasteiger partial charge in [0.1, 0.15) is 12.4 Å². The van der Waals surface area contributed by atoms with Crippen LogP contribution < -0.4 is 9.47 Å². The molecule has 0 radical (unpaired) electrons. The number of benzene rings is 3. The van der Waals surface area contributed by atoms with E-state index in [9.17, 15) is 24.9 Å². The second-order valence-corrected chi connectivity index (χ2v) is 14.5. The minimum Gasteiger partial charge on any atom is -0.504 e. The maximum absolute atomic E-state index is 13.9. The van der Waals surface area contributed by atoms with Crippen LogP contribution in [0.2, 0.25) is 0 Å². The summed E-state index contributed by atoms with van der Waals surface area (Å²) < 4.78 is 12.2. The van der Waals surface area contributed by atoms with Gasteiger partial charge < -0.3 is 24.8 Å². The van der Waals surface area contributed by atoms with Crippen molar-refractivity contribution in [3.8, 4) is 17.2 Å². The van der Waals surface area contributed by atoms with Gasteiger partial charge in [-0.2, -0.15) is 0 Å². The first-order valence-corrected chi connectivity index (χ1v) is 18.1. The molecule has 8 nitrogen and oxygen atoms in total. The lowest BCUT2D eigenvalue weighted by Gasteiger charge is -2.36. The molecule has 0 spiro atoms. The Kier molecular flexibility index (Phi) is 11.2. The highest BCUT2D eigenvalue weighted by Gasteiger charge is 2.55. The van der Waals surface area contributed by atoms with Gasteiger partial charge in [-0.25, -0.2) is 0 Å². The maximum Gasteiger partial charge on any atom is 0.234 e. The zero-order valence-corrected chi connectivity index (χ0v) is 30.0. The Morgan fingerprint density at radius 1 is 1.04 bits per heavy atom. The number of hydrogen-bond donors (Lipinski definition) is 3. The second-order valence-electron chi connectivity index (χ2n) is 12.3. The van der Waals surface area contributed by atoms with Gasteiger partial charge in [0, 0.05) is 10.8 Å². The Bertz CT molecular complexity index is 1840. The van der Waals surface area contributed by atoms with Crippen LogP contribution in [-0.4, -0.2) is 58.5 Å². The third-order valence-electron chi connectivity index (χ3n) is 9.32. The van der Waals surface area contributed by atoms with Crippen LogP contribution in [0.1, 0.15) is 35.3 Å². The second kappa shape index (κ2) is 15.7. The van der Waals surface area contributed by atoms with Gasteiger partial charge in [0.25, 0.3) is 0 Å². The van der Waals surface area contributed by atoms with E-state index in [1.807, 2.05) is 90.3 Å². The Morgan fingerprint density at radius 2 is 1.78 bits per heavy atom. The van der Waals surface area contributed by atoms with Gasteiger partial charge in [-0.3, -0.25) is 14.5 Å². The number of fused-ring (bicyclic) bond motifs is 1. The van der Waals surface area contributed by atoms with E-state index in [-0.39, 0.29) is 43.7 Å². The summed E-state index contributed by atoms with van der Waals surface area (Å²) in [7, 11) is 1.51. The number of likely N-dealkylation sites (tertiary alicyclic amines) is 1. The summed E-state index contributed by atoms with van der Waals surface area (Å²) in [4.78, 5) is 29.8. The van der Waals surface area contributed by atoms with E-state index < -0.39 is 23.9 Å². The molecule has 1 aliphatic heterocycles. The minimum atomic E-state index is -1.01. The lowest BCUT2D eigenvalue weighted by atomic mass is 9.68. The van der Waals surface area contributed by atoms with Crippen LogP contribution in [0.5, 0.6) is 17.2 Å². The smallest absolute Gasteiger partial charge is 0.234 e. The number of carbonyl (C=O) groups is 2. The SMILES string of the molecule is COc1cc(/C=C(/CC[C@@H](O)C2=C(COc3ccccc3)C[C@H]3C(=O)N(Cc4cccs4)C(=O)[C@H]3[C@H]2CO)c2ccccc2)cc(I)c1O. The topological polar surface area (TPSA) is 117 Å². The number of halogens is 1. The van der Waals surface area contributed by atoms with Crippen molar-refractivity contribution in [3.63, 3.8) is 0 Å². The molecule has 0 bridgehead atoms. The van der Waals surface area contributed by atoms with Crippen molar-refractivity contribution >= 4 is 57.4 Å². The molecule has 2 aliphatic rings. The molecule has 3 aromatic carbocycles. The molecule has 1 aromatic heterocycles. The van der Waals surface area contributed by atoms with Crippen molar-refractivity contribution in [1.29, 1.82) is 0 Å². The molecular formula is C39H38INO7S. The molecule has 1 fully saturated rings. The van der Waals surface area contributed by atoms with Crippen molar-refractivity contribution < 1.29 is 34.4 Å². The van der Waals surface area contributed by atoms with Gasteiger partial charge in [0.2, 0.25) is 11.8 Å². The summed E-state index contributed by atoms with van der Waals surface area (Å²) in [5.41, 5.74) is 4.07. The normalized spacial score (nSPS) is 20.0. The average molecular weight is 792 g/mol. The molecule has 4 atom stereocenters. The van der Waals surface area contributed by atoms with Crippen LogP contribution in [0.25, 0.3) is 11.6 Å². The third-order valence-corrected chi connectivity index (χ3v) is 11.0. The number of aliphatic hydroxyl groups excluding tert-OH is 2. The van der Waals surface area contributed by atoms with Crippen molar-refractivity contribution in [2.45, 2.75) is 31.9 Å². The minimum absolute atomic E-state index is 0.0775. The molecule has 254 valence electrons. The summed E-state index contributed by atoms with van der Waals surface area (Å²) in [5, 5.41) is 35.2. The molecule has 6 rings (SSSR count).